The number of phenols is 1. The van der Waals surface area contributed by atoms with E-state index in [0.717, 1.165) is 19.3 Å². The molecule has 4 rings (SSSR count). The minimum absolute atomic E-state index is 0.105. The first-order chi connectivity index (χ1) is 10.0. The Hall–Kier alpha value is -1.02. The van der Waals surface area contributed by atoms with Gasteiger partial charge in [0, 0.05) is 0 Å². The normalized spacial score (nSPS) is 44.8. The maximum atomic E-state index is 10.5. The SMILES string of the molecule is C[C@@H]1C[C@]2(C)[C@@H](O)CC[C@H]2[C@H]2CCc3cc(O)ccc3[C@@H]21. The molecule has 0 radical (unpaired) electrons. The van der Waals surface area contributed by atoms with Crippen molar-refractivity contribution in [2.24, 2.45) is 23.2 Å². The summed E-state index contributed by atoms with van der Waals surface area (Å²) in [6, 6.07) is 5.98. The second-order valence-corrected chi connectivity index (χ2v) is 8.00. The van der Waals surface area contributed by atoms with Crippen molar-refractivity contribution < 1.29 is 10.2 Å². The summed E-state index contributed by atoms with van der Waals surface area (Å²) >= 11 is 0. The lowest BCUT2D eigenvalue weighted by atomic mass is 9.52. The minimum Gasteiger partial charge on any atom is -0.508 e. The van der Waals surface area contributed by atoms with Crippen LogP contribution in [0.4, 0.5) is 0 Å². The molecule has 2 fully saturated rings. The molecule has 3 aliphatic carbocycles. The van der Waals surface area contributed by atoms with Crippen molar-refractivity contribution in [2.75, 3.05) is 0 Å². The molecule has 0 heterocycles. The van der Waals surface area contributed by atoms with Gasteiger partial charge in [0.15, 0.2) is 0 Å². The number of aliphatic hydroxyl groups excluding tert-OH is 1. The van der Waals surface area contributed by atoms with Crippen LogP contribution >= 0.6 is 0 Å². The highest BCUT2D eigenvalue weighted by atomic mass is 16.3. The van der Waals surface area contributed by atoms with Crippen LogP contribution in [0.15, 0.2) is 18.2 Å². The Kier molecular flexibility index (Phi) is 2.91. The molecule has 2 N–H and O–H groups in total. The van der Waals surface area contributed by atoms with Crippen LogP contribution in [-0.4, -0.2) is 16.3 Å². The molecule has 114 valence electrons. The van der Waals surface area contributed by atoms with E-state index in [1.54, 1.807) is 0 Å². The molecule has 0 spiro atoms. The zero-order chi connectivity index (χ0) is 14.8. The smallest absolute Gasteiger partial charge is 0.115 e. The van der Waals surface area contributed by atoms with Crippen molar-refractivity contribution in [1.29, 1.82) is 0 Å². The van der Waals surface area contributed by atoms with Gasteiger partial charge in [-0.2, -0.15) is 0 Å². The number of hydrogen-bond acceptors (Lipinski definition) is 2. The maximum Gasteiger partial charge on any atom is 0.115 e. The average Bonchev–Trinajstić information content (AvgIpc) is 2.74. The standard InChI is InChI=1S/C19H26O2/c1-11-10-19(2)16(7-8-17(19)21)15-5-3-12-9-13(20)4-6-14(12)18(11)15/h4,6,9,11,15-18,20-21H,3,5,7-8,10H2,1-2H3/t11-,15-,16+,17+,18+,19+/m1/s1. The first-order valence-electron chi connectivity index (χ1n) is 8.50. The molecule has 0 aliphatic heterocycles. The summed E-state index contributed by atoms with van der Waals surface area (Å²) in [5.41, 5.74) is 2.96. The maximum absolute atomic E-state index is 10.5. The van der Waals surface area contributed by atoms with Crippen LogP contribution in [0.5, 0.6) is 5.75 Å². The molecule has 2 saturated carbocycles. The van der Waals surface area contributed by atoms with E-state index in [1.807, 2.05) is 12.1 Å². The van der Waals surface area contributed by atoms with Gasteiger partial charge in [0.2, 0.25) is 0 Å². The highest BCUT2D eigenvalue weighted by molar-refractivity contribution is 5.40. The Morgan fingerprint density at radius 1 is 1.19 bits per heavy atom. The van der Waals surface area contributed by atoms with Crippen molar-refractivity contribution in [1.82, 2.24) is 0 Å². The third-order valence-electron chi connectivity index (χ3n) is 6.95. The monoisotopic (exact) mass is 286 g/mol. The molecule has 6 atom stereocenters. The van der Waals surface area contributed by atoms with E-state index in [2.05, 4.69) is 19.9 Å². The number of fused-ring (bicyclic) bond motifs is 5. The first kappa shape index (κ1) is 13.6. The van der Waals surface area contributed by atoms with E-state index in [1.165, 1.54) is 24.0 Å². The lowest BCUT2D eigenvalue weighted by Gasteiger charge is -2.53. The van der Waals surface area contributed by atoms with Gasteiger partial charge in [-0.25, -0.2) is 0 Å². The number of aliphatic hydroxyl groups is 1. The highest BCUT2D eigenvalue weighted by Gasteiger charge is 2.56. The quantitative estimate of drug-likeness (QED) is 0.760. The Morgan fingerprint density at radius 3 is 2.81 bits per heavy atom. The Labute approximate surface area is 127 Å². The largest absolute Gasteiger partial charge is 0.508 e. The predicted octanol–water partition coefficient (Wildman–Crippen LogP) is 3.86. The van der Waals surface area contributed by atoms with Gasteiger partial charge in [-0.3, -0.25) is 0 Å². The van der Waals surface area contributed by atoms with Gasteiger partial charge < -0.3 is 10.2 Å². The fraction of sp³-hybridized carbons (Fsp3) is 0.684. The number of rotatable bonds is 0. The second kappa shape index (κ2) is 4.49. The molecule has 0 bridgehead atoms. The molecular formula is C19H26O2. The van der Waals surface area contributed by atoms with Gasteiger partial charge in [0.05, 0.1) is 6.10 Å². The summed E-state index contributed by atoms with van der Waals surface area (Å²) in [6.45, 7) is 4.69. The van der Waals surface area contributed by atoms with Crippen LogP contribution in [0.3, 0.4) is 0 Å². The number of aryl methyl sites for hydroxylation is 1. The van der Waals surface area contributed by atoms with Gasteiger partial charge in [-0.15, -0.1) is 0 Å². The summed E-state index contributed by atoms with van der Waals surface area (Å²) in [7, 11) is 0. The summed E-state index contributed by atoms with van der Waals surface area (Å²) in [4.78, 5) is 0. The summed E-state index contributed by atoms with van der Waals surface area (Å²) in [5.74, 6) is 3.03. The molecule has 1 aromatic rings. The van der Waals surface area contributed by atoms with E-state index in [4.69, 9.17) is 0 Å². The van der Waals surface area contributed by atoms with E-state index >= 15 is 0 Å². The lowest BCUT2D eigenvalue weighted by molar-refractivity contribution is -0.0441. The van der Waals surface area contributed by atoms with Crippen LogP contribution < -0.4 is 0 Å². The minimum atomic E-state index is -0.105. The molecular weight excluding hydrogens is 260 g/mol. The summed E-state index contributed by atoms with van der Waals surface area (Å²) < 4.78 is 0. The number of benzene rings is 1. The molecule has 1 aromatic carbocycles. The van der Waals surface area contributed by atoms with E-state index in [-0.39, 0.29) is 11.5 Å². The van der Waals surface area contributed by atoms with Gasteiger partial charge in [0.25, 0.3) is 0 Å². The molecule has 0 saturated heterocycles. The molecule has 2 heteroatoms. The third kappa shape index (κ3) is 1.81. The van der Waals surface area contributed by atoms with Crippen molar-refractivity contribution in [3.63, 3.8) is 0 Å². The molecule has 21 heavy (non-hydrogen) atoms. The Bertz CT molecular complexity index is 567. The first-order valence-corrected chi connectivity index (χ1v) is 8.50. The molecule has 2 nitrogen and oxygen atoms in total. The van der Waals surface area contributed by atoms with Crippen molar-refractivity contribution >= 4 is 0 Å². The second-order valence-electron chi connectivity index (χ2n) is 8.00. The van der Waals surface area contributed by atoms with Gasteiger partial charge in [0.1, 0.15) is 5.75 Å². The van der Waals surface area contributed by atoms with E-state index in [0.29, 0.717) is 29.4 Å². The molecule has 0 amide bonds. The zero-order valence-electron chi connectivity index (χ0n) is 13.0. The van der Waals surface area contributed by atoms with E-state index < -0.39 is 0 Å². The third-order valence-corrected chi connectivity index (χ3v) is 6.95. The molecule has 0 aromatic heterocycles. The van der Waals surface area contributed by atoms with Crippen LogP contribution in [0, 0.1) is 23.2 Å². The van der Waals surface area contributed by atoms with Gasteiger partial charge >= 0.3 is 0 Å². The van der Waals surface area contributed by atoms with Crippen LogP contribution in [0.2, 0.25) is 0 Å². The van der Waals surface area contributed by atoms with Crippen LogP contribution in [0.1, 0.15) is 56.6 Å². The Morgan fingerprint density at radius 2 is 2.00 bits per heavy atom. The Balaban J connectivity index is 1.76. The number of hydrogen-bond donors (Lipinski definition) is 2. The molecule has 0 unspecified atom stereocenters. The van der Waals surface area contributed by atoms with Crippen molar-refractivity contribution in [2.45, 2.75) is 58.0 Å². The van der Waals surface area contributed by atoms with Crippen molar-refractivity contribution in [3.05, 3.63) is 29.3 Å². The topological polar surface area (TPSA) is 40.5 Å². The van der Waals surface area contributed by atoms with Crippen molar-refractivity contribution in [3.8, 4) is 5.75 Å². The highest BCUT2D eigenvalue weighted by Crippen LogP contribution is 2.62. The average molecular weight is 286 g/mol. The number of aromatic hydroxyl groups is 1. The number of phenolic OH excluding ortho intramolecular Hbond substituents is 1. The van der Waals surface area contributed by atoms with E-state index in [9.17, 15) is 10.2 Å². The van der Waals surface area contributed by atoms with Crippen LogP contribution in [-0.2, 0) is 6.42 Å². The lowest BCUT2D eigenvalue weighted by Crippen LogP contribution is -2.47. The summed E-state index contributed by atoms with van der Waals surface area (Å²) in [6.07, 6.45) is 5.52. The van der Waals surface area contributed by atoms with Gasteiger partial charge in [-0.05, 0) is 84.5 Å². The zero-order valence-corrected chi connectivity index (χ0v) is 13.0. The van der Waals surface area contributed by atoms with Gasteiger partial charge in [-0.1, -0.05) is 19.9 Å². The fourth-order valence-corrected chi connectivity index (χ4v) is 6.10. The summed E-state index contributed by atoms with van der Waals surface area (Å²) in [5, 5.41) is 20.2. The van der Waals surface area contributed by atoms with Crippen LogP contribution in [0.25, 0.3) is 0 Å². The fourth-order valence-electron chi connectivity index (χ4n) is 6.10. The molecule has 3 aliphatic rings. The predicted molar refractivity (Wildman–Crippen MR) is 83.3 cm³/mol.